The van der Waals surface area contributed by atoms with Gasteiger partial charge in [-0.05, 0) is 18.6 Å². The lowest BCUT2D eigenvalue weighted by atomic mass is 10.0. The first-order valence-electron chi connectivity index (χ1n) is 3.80. The topological polar surface area (TPSA) is 57.6 Å². The summed E-state index contributed by atoms with van der Waals surface area (Å²) < 4.78 is 0. The Balaban J connectivity index is 2.74. The fourth-order valence-electron chi connectivity index (χ4n) is 1.44. The van der Waals surface area contributed by atoms with E-state index >= 15 is 0 Å². The summed E-state index contributed by atoms with van der Waals surface area (Å²) in [6.45, 7) is 1.73. The van der Waals surface area contributed by atoms with E-state index in [1.165, 1.54) is 6.07 Å². The van der Waals surface area contributed by atoms with Crippen LogP contribution in [0.1, 0.15) is 26.3 Å². The molecule has 0 unspecified atom stereocenters. The number of amides is 2. The van der Waals surface area contributed by atoms with Crippen molar-refractivity contribution in [1.29, 1.82) is 0 Å². The highest BCUT2D eigenvalue weighted by Crippen LogP contribution is 2.23. The van der Waals surface area contributed by atoms with Crippen molar-refractivity contribution in [3.05, 3.63) is 34.9 Å². The maximum absolute atomic E-state index is 11.3. The molecule has 0 spiro atoms. The van der Waals surface area contributed by atoms with Crippen LogP contribution in [-0.4, -0.2) is 22.1 Å². The predicted octanol–water partition coefficient (Wildman–Crippen LogP) is 0.980. The van der Waals surface area contributed by atoms with Gasteiger partial charge in [-0.2, -0.15) is 0 Å². The Morgan fingerprint density at radius 2 is 1.92 bits per heavy atom. The molecular weight excluding hydrogens is 170 g/mol. The van der Waals surface area contributed by atoms with Gasteiger partial charge in [0.05, 0.1) is 11.1 Å². The van der Waals surface area contributed by atoms with Crippen molar-refractivity contribution in [3.8, 4) is 0 Å². The summed E-state index contributed by atoms with van der Waals surface area (Å²) in [5.41, 5.74) is 1.27. The number of rotatable bonds is 0. The Kier molecular flexibility index (Phi) is 1.47. The number of carbonyl (C=O) groups excluding carboxylic acids is 2. The monoisotopic (exact) mass is 177 g/mol. The summed E-state index contributed by atoms with van der Waals surface area (Å²) in [5, 5.41) is 9.20. The van der Waals surface area contributed by atoms with E-state index in [2.05, 4.69) is 0 Å². The summed E-state index contributed by atoms with van der Waals surface area (Å²) in [6.07, 6.45) is 0. The molecule has 13 heavy (non-hydrogen) atoms. The van der Waals surface area contributed by atoms with E-state index in [1.54, 1.807) is 19.1 Å². The van der Waals surface area contributed by atoms with Gasteiger partial charge in [-0.15, -0.1) is 5.06 Å². The second-order valence-electron chi connectivity index (χ2n) is 2.92. The Hall–Kier alpha value is -1.68. The van der Waals surface area contributed by atoms with Gasteiger partial charge in [0.25, 0.3) is 11.8 Å². The van der Waals surface area contributed by atoms with Crippen molar-refractivity contribution in [2.24, 2.45) is 0 Å². The summed E-state index contributed by atoms with van der Waals surface area (Å²) in [7, 11) is 0. The summed E-state index contributed by atoms with van der Waals surface area (Å²) in [5.74, 6) is -1.29. The lowest BCUT2D eigenvalue weighted by Crippen LogP contribution is -2.25. The Labute approximate surface area is 74.4 Å². The minimum atomic E-state index is -0.649. The van der Waals surface area contributed by atoms with Gasteiger partial charge in [-0.25, -0.2) is 0 Å². The van der Waals surface area contributed by atoms with E-state index in [-0.39, 0.29) is 10.6 Å². The molecule has 0 bridgehead atoms. The normalized spacial score (nSPS) is 15.1. The number of benzene rings is 1. The molecule has 1 heterocycles. The zero-order valence-electron chi connectivity index (χ0n) is 6.94. The molecule has 66 valence electrons. The van der Waals surface area contributed by atoms with Crippen molar-refractivity contribution in [3.63, 3.8) is 0 Å². The van der Waals surface area contributed by atoms with Crippen molar-refractivity contribution in [2.45, 2.75) is 6.92 Å². The number of nitrogens with zero attached hydrogens (tertiary/aromatic N) is 1. The molecule has 2 amide bonds. The molecule has 0 radical (unpaired) electrons. The number of carbonyl (C=O) groups is 2. The second kappa shape index (κ2) is 2.40. The van der Waals surface area contributed by atoms with E-state index < -0.39 is 11.8 Å². The number of hydroxylamine groups is 2. The molecular formula is C9H7NO3. The lowest BCUT2D eigenvalue weighted by Gasteiger charge is -2.00. The largest absolute Gasteiger partial charge is 0.285 e. The lowest BCUT2D eigenvalue weighted by molar-refractivity contribution is -0.0327. The van der Waals surface area contributed by atoms with Crippen LogP contribution in [0.25, 0.3) is 0 Å². The molecule has 4 heteroatoms. The van der Waals surface area contributed by atoms with Gasteiger partial charge in [-0.1, -0.05) is 12.1 Å². The van der Waals surface area contributed by atoms with Gasteiger partial charge in [0, 0.05) is 0 Å². The van der Waals surface area contributed by atoms with Gasteiger partial charge in [0.1, 0.15) is 0 Å². The van der Waals surface area contributed by atoms with Gasteiger partial charge < -0.3 is 0 Å². The third kappa shape index (κ3) is 0.891. The Morgan fingerprint density at radius 3 is 2.54 bits per heavy atom. The van der Waals surface area contributed by atoms with Gasteiger partial charge in [0.15, 0.2) is 0 Å². The molecule has 2 rings (SSSR count). The smallest absolute Gasteiger partial charge is 0.278 e. The van der Waals surface area contributed by atoms with E-state index in [0.29, 0.717) is 11.1 Å². The maximum atomic E-state index is 11.3. The summed E-state index contributed by atoms with van der Waals surface area (Å²) in [6, 6.07) is 4.93. The van der Waals surface area contributed by atoms with E-state index in [1.807, 2.05) is 0 Å². The zero-order valence-corrected chi connectivity index (χ0v) is 6.94. The third-order valence-electron chi connectivity index (χ3n) is 2.10. The van der Waals surface area contributed by atoms with Crippen LogP contribution in [0.3, 0.4) is 0 Å². The van der Waals surface area contributed by atoms with Crippen molar-refractivity contribution in [1.82, 2.24) is 5.06 Å². The second-order valence-corrected chi connectivity index (χ2v) is 2.92. The number of imide groups is 1. The van der Waals surface area contributed by atoms with E-state index in [4.69, 9.17) is 5.21 Å². The SMILES string of the molecule is Cc1cccc2c1C(=O)N(O)C2=O. The first-order valence-corrected chi connectivity index (χ1v) is 3.80. The molecule has 0 atom stereocenters. The van der Waals surface area contributed by atoms with E-state index in [9.17, 15) is 9.59 Å². The first-order chi connectivity index (χ1) is 6.13. The quantitative estimate of drug-likeness (QED) is 0.474. The molecule has 4 nitrogen and oxygen atoms in total. The zero-order chi connectivity index (χ0) is 9.59. The Morgan fingerprint density at radius 1 is 1.23 bits per heavy atom. The number of hydrogen-bond acceptors (Lipinski definition) is 3. The van der Waals surface area contributed by atoms with Crippen molar-refractivity contribution >= 4 is 11.8 Å². The molecule has 1 N–H and O–H groups in total. The molecule has 1 aromatic carbocycles. The maximum Gasteiger partial charge on any atom is 0.285 e. The summed E-state index contributed by atoms with van der Waals surface area (Å²) >= 11 is 0. The highest BCUT2D eigenvalue weighted by molar-refractivity contribution is 6.20. The van der Waals surface area contributed by atoms with E-state index in [0.717, 1.165) is 0 Å². The molecule has 1 aliphatic heterocycles. The van der Waals surface area contributed by atoms with Crippen LogP contribution in [-0.2, 0) is 0 Å². The standard InChI is InChI=1S/C9H7NO3/c1-5-3-2-4-6-7(5)9(12)10(13)8(6)11/h2-4,13H,1H3. The number of aryl methyl sites for hydroxylation is 1. The minimum absolute atomic E-state index is 0.150. The van der Waals surface area contributed by atoms with Crippen LogP contribution < -0.4 is 0 Å². The van der Waals surface area contributed by atoms with Gasteiger partial charge in [-0.3, -0.25) is 14.8 Å². The van der Waals surface area contributed by atoms with Crippen LogP contribution in [0.2, 0.25) is 0 Å². The van der Waals surface area contributed by atoms with Gasteiger partial charge >= 0.3 is 0 Å². The molecule has 1 aromatic rings. The van der Waals surface area contributed by atoms with Crippen molar-refractivity contribution < 1.29 is 14.8 Å². The molecule has 0 saturated heterocycles. The fraction of sp³-hybridized carbons (Fsp3) is 0.111. The molecule has 0 aromatic heterocycles. The van der Waals surface area contributed by atoms with Crippen LogP contribution in [0.5, 0.6) is 0 Å². The number of hydrogen-bond donors (Lipinski definition) is 1. The predicted molar refractivity (Wildman–Crippen MR) is 43.5 cm³/mol. The first kappa shape index (κ1) is 7.94. The minimum Gasteiger partial charge on any atom is -0.278 e. The summed E-state index contributed by atoms with van der Waals surface area (Å²) in [4.78, 5) is 22.5. The average Bonchev–Trinajstić information content (AvgIpc) is 2.33. The number of fused-ring (bicyclic) bond motifs is 1. The fourth-order valence-corrected chi connectivity index (χ4v) is 1.44. The highest BCUT2D eigenvalue weighted by Gasteiger charge is 2.35. The van der Waals surface area contributed by atoms with Crippen LogP contribution in [0, 0.1) is 6.92 Å². The average molecular weight is 177 g/mol. The van der Waals surface area contributed by atoms with Crippen LogP contribution in [0.15, 0.2) is 18.2 Å². The molecule has 1 aliphatic rings. The Bertz CT molecular complexity index is 411. The van der Waals surface area contributed by atoms with Crippen molar-refractivity contribution in [2.75, 3.05) is 0 Å². The molecule has 0 fully saturated rings. The molecule has 0 saturated carbocycles. The van der Waals surface area contributed by atoms with Crippen LogP contribution >= 0.6 is 0 Å². The third-order valence-corrected chi connectivity index (χ3v) is 2.10. The van der Waals surface area contributed by atoms with Gasteiger partial charge in [0.2, 0.25) is 0 Å². The highest BCUT2D eigenvalue weighted by atomic mass is 16.5. The van der Waals surface area contributed by atoms with Crippen LogP contribution in [0.4, 0.5) is 0 Å². The molecule has 0 aliphatic carbocycles.